The van der Waals surface area contributed by atoms with Gasteiger partial charge >= 0.3 is 0 Å². The van der Waals surface area contributed by atoms with Crippen molar-refractivity contribution in [3.8, 4) is 33.6 Å². The van der Waals surface area contributed by atoms with Gasteiger partial charge in [0.2, 0.25) is 0 Å². The zero-order chi connectivity index (χ0) is 36.4. The molecule has 10 aromatic rings. The van der Waals surface area contributed by atoms with E-state index < -0.39 is 8.07 Å². The zero-order valence-electron chi connectivity index (χ0n) is 31.0. The fraction of sp³-hybridized carbons (Fsp3) is 0.0769. The lowest BCUT2D eigenvalue weighted by Crippen LogP contribution is -2.55. The van der Waals surface area contributed by atoms with Crippen molar-refractivity contribution < 1.29 is 0 Å². The molecule has 2 aromatic heterocycles. The predicted octanol–water partition coefficient (Wildman–Crippen LogP) is 11.8. The third kappa shape index (κ3) is 4.30. The number of fused-ring (bicyclic) bond motifs is 12. The van der Waals surface area contributed by atoms with E-state index in [1.807, 2.05) is 0 Å². The van der Waals surface area contributed by atoms with Crippen molar-refractivity contribution in [2.75, 3.05) is 0 Å². The topological polar surface area (TPSA) is 9.86 Å². The summed E-state index contributed by atoms with van der Waals surface area (Å²) in [5.41, 5.74) is 18.9. The van der Waals surface area contributed by atoms with Gasteiger partial charge in [0.25, 0.3) is 0 Å². The van der Waals surface area contributed by atoms with E-state index in [2.05, 4.69) is 192 Å². The molecule has 2 aliphatic rings. The van der Waals surface area contributed by atoms with Crippen LogP contribution in [0.15, 0.2) is 170 Å². The number of rotatable bonds is 4. The van der Waals surface area contributed by atoms with Crippen LogP contribution in [0.25, 0.3) is 77.2 Å². The van der Waals surface area contributed by atoms with Crippen LogP contribution in [0, 0.1) is 0 Å². The number of nitrogens with zero attached hydrogens (tertiary/aromatic N) is 2. The van der Waals surface area contributed by atoms with Crippen molar-refractivity contribution in [1.82, 2.24) is 9.13 Å². The molecule has 2 heterocycles. The van der Waals surface area contributed by atoms with Crippen LogP contribution in [0.4, 0.5) is 0 Å². The Morgan fingerprint density at radius 1 is 0.364 bits per heavy atom. The van der Waals surface area contributed by atoms with Crippen molar-refractivity contribution in [2.45, 2.75) is 25.9 Å². The summed E-state index contributed by atoms with van der Waals surface area (Å²) in [4.78, 5) is 0. The van der Waals surface area contributed by atoms with Crippen LogP contribution in [-0.2, 0) is 12.8 Å². The van der Waals surface area contributed by atoms with Gasteiger partial charge in [0.05, 0.1) is 22.1 Å². The van der Waals surface area contributed by atoms with Crippen molar-refractivity contribution in [1.29, 1.82) is 0 Å². The average Bonchev–Trinajstić information content (AvgIpc) is 3.98. The van der Waals surface area contributed by atoms with Crippen LogP contribution in [-0.4, -0.2) is 17.2 Å². The van der Waals surface area contributed by atoms with Gasteiger partial charge in [0.1, 0.15) is 8.07 Å². The molecule has 0 spiro atoms. The Kier molecular flexibility index (Phi) is 6.36. The van der Waals surface area contributed by atoms with E-state index in [0.717, 1.165) is 12.8 Å². The molecule has 0 radical (unpaired) electrons. The van der Waals surface area contributed by atoms with Gasteiger partial charge in [-0.2, -0.15) is 0 Å². The normalized spacial score (nSPS) is 13.1. The fourth-order valence-corrected chi connectivity index (χ4v) is 13.6. The highest BCUT2D eigenvalue weighted by molar-refractivity contribution is 7.01. The summed E-state index contributed by atoms with van der Waals surface area (Å²) >= 11 is 0. The second-order valence-corrected chi connectivity index (χ2v) is 20.4. The fourth-order valence-electron chi connectivity index (χ4n) is 10.4. The Balaban J connectivity index is 1.16. The molecule has 0 saturated heterocycles. The van der Waals surface area contributed by atoms with Gasteiger partial charge in [-0.15, -0.1) is 0 Å². The minimum Gasteiger partial charge on any atom is -0.309 e. The molecule has 0 N–H and O–H groups in total. The molecule has 0 bridgehead atoms. The van der Waals surface area contributed by atoms with Gasteiger partial charge in [-0.1, -0.05) is 134 Å². The van der Waals surface area contributed by atoms with Crippen molar-refractivity contribution in [2.24, 2.45) is 0 Å². The molecule has 0 unspecified atom stereocenters. The first-order valence-corrected chi connectivity index (χ1v) is 22.5. The van der Waals surface area contributed by atoms with E-state index in [-0.39, 0.29) is 0 Å². The van der Waals surface area contributed by atoms with Crippen LogP contribution in [0.5, 0.6) is 0 Å². The summed E-state index contributed by atoms with van der Waals surface area (Å²) in [6.45, 7) is 5.24. The lowest BCUT2D eigenvalue weighted by molar-refractivity contribution is 1.17. The highest BCUT2D eigenvalue weighted by atomic mass is 28.3. The first kappa shape index (κ1) is 31.0. The lowest BCUT2D eigenvalue weighted by Gasteiger charge is -2.31. The van der Waals surface area contributed by atoms with Crippen molar-refractivity contribution in [3.63, 3.8) is 0 Å². The molecule has 2 nitrogen and oxygen atoms in total. The Hall–Kier alpha value is -6.42. The van der Waals surface area contributed by atoms with Crippen LogP contribution < -0.4 is 10.4 Å². The van der Waals surface area contributed by atoms with E-state index >= 15 is 0 Å². The van der Waals surface area contributed by atoms with E-state index in [1.54, 1.807) is 0 Å². The summed E-state index contributed by atoms with van der Waals surface area (Å²) in [6.07, 6.45) is 1.94. The Labute approximate surface area is 321 Å². The molecule has 8 aromatic carbocycles. The van der Waals surface area contributed by atoms with E-state index in [0.29, 0.717) is 0 Å². The average molecular weight is 719 g/mol. The number of para-hydroxylation sites is 4. The maximum atomic E-state index is 2.62. The molecule has 0 fully saturated rings. The molecular weight excluding hydrogens is 681 g/mol. The summed E-state index contributed by atoms with van der Waals surface area (Å²) in [5.74, 6) is 0. The molecule has 0 amide bonds. The SMILES string of the molecule is C[Si](C)(c1cc(-n2c3ccccc3c3ccccc32)cc2c1Cc1ccccc1-2)c1cc(-n2c3ccccc3c3ccccc32)cc2c1Cc1ccccc1-2. The van der Waals surface area contributed by atoms with Crippen LogP contribution in [0.3, 0.4) is 0 Å². The Bertz CT molecular complexity index is 2920. The first-order chi connectivity index (χ1) is 27.0. The third-order valence-corrected chi connectivity index (χ3v) is 16.4. The second kappa shape index (κ2) is 11.3. The van der Waals surface area contributed by atoms with Gasteiger partial charge < -0.3 is 9.13 Å². The van der Waals surface area contributed by atoms with Crippen LogP contribution in [0.2, 0.25) is 13.1 Å². The van der Waals surface area contributed by atoms with Crippen molar-refractivity contribution in [3.05, 3.63) is 192 Å². The smallest absolute Gasteiger partial charge is 0.113 e. The minimum atomic E-state index is -2.43. The minimum absolute atomic E-state index is 0.972. The molecule has 3 heteroatoms. The van der Waals surface area contributed by atoms with Gasteiger partial charge in [-0.25, -0.2) is 0 Å². The molecule has 55 heavy (non-hydrogen) atoms. The van der Waals surface area contributed by atoms with E-state index in [4.69, 9.17) is 0 Å². The number of hydrogen-bond donors (Lipinski definition) is 0. The van der Waals surface area contributed by atoms with Gasteiger partial charge in [0.15, 0.2) is 0 Å². The molecule has 0 aliphatic heterocycles. The summed E-state index contributed by atoms with van der Waals surface area (Å²) < 4.78 is 5.04. The number of aromatic nitrogens is 2. The molecule has 12 rings (SSSR count). The van der Waals surface area contributed by atoms with E-state index in [1.165, 1.54) is 110 Å². The molecule has 0 saturated carbocycles. The zero-order valence-corrected chi connectivity index (χ0v) is 32.0. The molecule has 260 valence electrons. The number of benzene rings is 8. The molecule has 2 aliphatic carbocycles. The quantitative estimate of drug-likeness (QED) is 0.160. The van der Waals surface area contributed by atoms with E-state index in [9.17, 15) is 0 Å². The third-order valence-electron chi connectivity index (χ3n) is 12.8. The maximum Gasteiger partial charge on any atom is 0.113 e. The Morgan fingerprint density at radius 3 is 1.07 bits per heavy atom. The molecule has 0 atom stereocenters. The highest BCUT2D eigenvalue weighted by Crippen LogP contribution is 2.43. The highest BCUT2D eigenvalue weighted by Gasteiger charge is 2.37. The second-order valence-electron chi connectivity index (χ2n) is 16.1. The standard InChI is InChI=1S/C52H38N2Si/c1-55(2,51-31-35(29-43-37-17-5-3-15-33(37)27-45(43)51)53-47-23-11-7-19-39(47)40-20-8-12-24-48(40)53)52-32-36(30-44-38-18-6-4-16-34(38)28-46(44)52)54-49-25-13-9-21-41(49)42-22-10-14-26-50(42)54/h3-26,29-32H,27-28H2,1-2H3. The van der Waals surface area contributed by atoms with Crippen LogP contribution >= 0.6 is 0 Å². The monoisotopic (exact) mass is 718 g/mol. The summed E-state index contributed by atoms with van der Waals surface area (Å²) in [7, 11) is -2.43. The summed E-state index contributed by atoms with van der Waals surface area (Å²) in [6, 6.07) is 64.0. The first-order valence-electron chi connectivity index (χ1n) is 19.5. The van der Waals surface area contributed by atoms with Crippen LogP contribution in [0.1, 0.15) is 22.3 Å². The largest absolute Gasteiger partial charge is 0.309 e. The number of hydrogen-bond acceptors (Lipinski definition) is 0. The van der Waals surface area contributed by atoms with Gasteiger partial charge in [-0.05, 0) is 116 Å². The predicted molar refractivity (Wildman–Crippen MR) is 235 cm³/mol. The van der Waals surface area contributed by atoms with Gasteiger partial charge in [0, 0.05) is 32.9 Å². The van der Waals surface area contributed by atoms with Crippen molar-refractivity contribution >= 4 is 62.1 Å². The molecular formula is C52H38N2Si. The van der Waals surface area contributed by atoms with Gasteiger partial charge in [-0.3, -0.25) is 0 Å². The summed E-state index contributed by atoms with van der Waals surface area (Å²) in [5, 5.41) is 8.27. The maximum absolute atomic E-state index is 2.62. The Morgan fingerprint density at radius 2 is 0.691 bits per heavy atom. The lowest BCUT2D eigenvalue weighted by atomic mass is 10.0.